The largest absolute Gasteiger partial charge is 0.481 e. The number of aryl methyl sites for hydroxylation is 1. The summed E-state index contributed by atoms with van der Waals surface area (Å²) in [6.07, 6.45) is 12.1. The third-order valence-corrected chi connectivity index (χ3v) is 5.99. The minimum absolute atomic E-state index is 0.555. The van der Waals surface area contributed by atoms with E-state index in [4.69, 9.17) is 9.73 Å². The molecule has 0 radical (unpaired) electrons. The molecule has 3 rings (SSSR count). The third-order valence-electron chi connectivity index (χ3n) is 5.62. The summed E-state index contributed by atoms with van der Waals surface area (Å²) in [5, 5.41) is 10.3. The Morgan fingerprint density at radius 3 is 2.32 bits per heavy atom. The highest BCUT2D eigenvalue weighted by Crippen LogP contribution is 2.29. The molecular formula is C27H38BrN3O3. The zero-order valence-corrected chi connectivity index (χ0v) is 22.9. The molecule has 1 fully saturated rings. The molecule has 0 aliphatic carbocycles. The Morgan fingerprint density at radius 2 is 1.82 bits per heavy atom. The molecule has 0 saturated carbocycles. The second-order valence-corrected chi connectivity index (χ2v) is 9.50. The van der Waals surface area contributed by atoms with Crippen molar-refractivity contribution in [2.45, 2.75) is 41.5 Å². The van der Waals surface area contributed by atoms with Gasteiger partial charge in [-0.3, -0.25) is 9.69 Å². The lowest BCUT2D eigenvalue weighted by atomic mass is 9.93. The van der Waals surface area contributed by atoms with Crippen LogP contribution in [0.25, 0.3) is 0 Å². The predicted molar refractivity (Wildman–Crippen MR) is 145 cm³/mol. The number of aliphatic carboxylic acids is 1. The van der Waals surface area contributed by atoms with Crippen molar-refractivity contribution >= 4 is 27.7 Å². The summed E-state index contributed by atoms with van der Waals surface area (Å²) < 4.78 is 6.02. The average molecular weight is 533 g/mol. The number of piperazine rings is 1. The van der Waals surface area contributed by atoms with Crippen molar-refractivity contribution in [2.75, 3.05) is 38.1 Å². The van der Waals surface area contributed by atoms with Gasteiger partial charge in [0, 0.05) is 38.1 Å². The Balaban J connectivity index is 0.000000733. The number of nitrogens with zero attached hydrogens (tertiary/aromatic N) is 3. The van der Waals surface area contributed by atoms with Crippen molar-refractivity contribution < 1.29 is 14.6 Å². The molecule has 2 heterocycles. The highest BCUT2D eigenvalue weighted by atomic mass is 79.9. The fraction of sp³-hybridized carbons (Fsp3) is 0.481. The van der Waals surface area contributed by atoms with Crippen molar-refractivity contribution in [1.82, 2.24) is 9.80 Å². The van der Waals surface area contributed by atoms with E-state index in [1.54, 1.807) is 13.8 Å². The Bertz CT molecular complexity index is 940. The van der Waals surface area contributed by atoms with Gasteiger partial charge in [0.15, 0.2) is 0 Å². The first-order valence-corrected chi connectivity index (χ1v) is 12.5. The van der Waals surface area contributed by atoms with Gasteiger partial charge in [-0.2, -0.15) is 0 Å². The molecule has 7 heteroatoms. The maximum Gasteiger partial charge on any atom is 0.310 e. The number of terminal acetylenes is 1. The van der Waals surface area contributed by atoms with Gasteiger partial charge < -0.3 is 14.7 Å². The summed E-state index contributed by atoms with van der Waals surface area (Å²) in [7, 11) is 0. The Morgan fingerprint density at radius 1 is 1.21 bits per heavy atom. The first kappa shape index (κ1) is 29.5. The van der Waals surface area contributed by atoms with E-state index >= 15 is 0 Å². The quantitative estimate of drug-likeness (QED) is 0.323. The van der Waals surface area contributed by atoms with Crippen LogP contribution in [0.3, 0.4) is 0 Å². The number of rotatable bonds is 4. The van der Waals surface area contributed by atoms with Crippen LogP contribution in [0, 0.1) is 25.2 Å². The van der Waals surface area contributed by atoms with E-state index in [1.165, 1.54) is 5.56 Å². The van der Waals surface area contributed by atoms with Crippen LogP contribution in [0.1, 0.15) is 45.7 Å². The maximum absolute atomic E-state index is 11.4. The monoisotopic (exact) mass is 531 g/mol. The molecule has 2 aliphatic rings. The molecule has 0 unspecified atom stereocenters. The van der Waals surface area contributed by atoms with E-state index in [2.05, 4.69) is 57.6 Å². The number of hydrogen-bond donors (Lipinski definition) is 1. The molecule has 186 valence electrons. The van der Waals surface area contributed by atoms with Gasteiger partial charge in [0.2, 0.25) is 0 Å². The summed E-state index contributed by atoms with van der Waals surface area (Å²) in [6, 6.07) is 6.18. The predicted octanol–water partition coefficient (Wildman–Crippen LogP) is 5.32. The normalized spacial score (nSPS) is 16.3. The van der Waals surface area contributed by atoms with Crippen LogP contribution in [0.15, 0.2) is 46.8 Å². The Kier molecular flexibility index (Phi) is 12.1. The zero-order chi connectivity index (χ0) is 25.9. The van der Waals surface area contributed by atoms with Crippen LogP contribution in [0.4, 0.5) is 0 Å². The van der Waals surface area contributed by atoms with Gasteiger partial charge in [0.25, 0.3) is 0 Å². The van der Waals surface area contributed by atoms with Crippen LogP contribution in [-0.2, 0) is 4.79 Å². The summed E-state index contributed by atoms with van der Waals surface area (Å²) in [4.78, 5) is 20.8. The number of fused-ring (bicyclic) bond motifs is 1. The standard InChI is InChI=1S/C21H29N3O3.C4H7Br.C2H2/c1-14-6-7-18-17(12-14)19(22-15(2)16(3)27-18)24-10-8-23(9-11-24)13-21(4,5)20(25)26;1-2-3-4-5;1-2/h6-7,12H,8-11,13H2,1-5H3,(H,25,26);2-3H,4H2,1H3;1-2H/b;3-2-;. The second kappa shape index (κ2) is 14.0. The minimum Gasteiger partial charge on any atom is -0.481 e. The molecule has 0 aromatic heterocycles. The molecule has 2 aliphatic heterocycles. The van der Waals surface area contributed by atoms with E-state index in [-0.39, 0.29) is 0 Å². The van der Waals surface area contributed by atoms with Crippen LogP contribution < -0.4 is 4.74 Å². The van der Waals surface area contributed by atoms with Gasteiger partial charge in [-0.05, 0) is 53.7 Å². The van der Waals surface area contributed by atoms with Gasteiger partial charge >= 0.3 is 5.97 Å². The van der Waals surface area contributed by atoms with Crippen LogP contribution in [0.2, 0.25) is 0 Å². The fourth-order valence-corrected chi connectivity index (χ4v) is 3.89. The van der Waals surface area contributed by atoms with E-state index < -0.39 is 11.4 Å². The summed E-state index contributed by atoms with van der Waals surface area (Å²) in [5.74, 6) is 1.84. The number of aliphatic imine (C=N–C) groups is 1. The van der Waals surface area contributed by atoms with Crippen LogP contribution in [0.5, 0.6) is 5.75 Å². The summed E-state index contributed by atoms with van der Waals surface area (Å²) in [6.45, 7) is 15.4. The second-order valence-electron chi connectivity index (χ2n) is 8.85. The van der Waals surface area contributed by atoms with Gasteiger partial charge in [0.05, 0.1) is 16.7 Å². The van der Waals surface area contributed by atoms with Gasteiger partial charge in [-0.15, -0.1) is 12.8 Å². The number of carbonyl (C=O) groups is 1. The molecular weight excluding hydrogens is 494 g/mol. The van der Waals surface area contributed by atoms with E-state index in [9.17, 15) is 9.90 Å². The average Bonchev–Trinajstić information content (AvgIpc) is 2.92. The topological polar surface area (TPSA) is 65.4 Å². The molecule has 0 amide bonds. The Hall–Kier alpha value is -2.56. The fourth-order valence-electron chi connectivity index (χ4n) is 3.52. The highest BCUT2D eigenvalue weighted by molar-refractivity contribution is 9.09. The minimum atomic E-state index is -0.754. The number of ether oxygens (including phenoxy) is 1. The number of halogens is 1. The number of hydrogen-bond acceptors (Lipinski definition) is 5. The molecule has 0 atom stereocenters. The summed E-state index contributed by atoms with van der Waals surface area (Å²) >= 11 is 3.22. The Labute approximate surface area is 213 Å². The third kappa shape index (κ3) is 8.34. The highest BCUT2D eigenvalue weighted by Gasteiger charge is 2.32. The molecule has 34 heavy (non-hydrogen) atoms. The molecule has 1 aromatic rings. The van der Waals surface area contributed by atoms with Gasteiger partial charge in [-0.25, -0.2) is 4.99 Å². The maximum atomic E-state index is 11.4. The van der Waals surface area contributed by atoms with Gasteiger partial charge in [0.1, 0.15) is 17.3 Å². The lowest BCUT2D eigenvalue weighted by Gasteiger charge is -2.39. The molecule has 0 spiro atoms. The van der Waals surface area contributed by atoms with E-state index in [1.807, 2.05) is 39.0 Å². The van der Waals surface area contributed by atoms with E-state index in [0.29, 0.717) is 6.54 Å². The lowest BCUT2D eigenvalue weighted by Crippen LogP contribution is -2.52. The zero-order valence-electron chi connectivity index (χ0n) is 21.3. The molecule has 0 bridgehead atoms. The summed E-state index contributed by atoms with van der Waals surface area (Å²) in [5.41, 5.74) is 2.33. The number of benzene rings is 1. The number of amidine groups is 1. The molecule has 6 nitrogen and oxygen atoms in total. The first-order chi connectivity index (χ1) is 16.1. The molecule has 1 aromatic carbocycles. The van der Waals surface area contributed by atoms with Crippen molar-refractivity contribution in [3.8, 4) is 18.6 Å². The van der Waals surface area contributed by atoms with Crippen molar-refractivity contribution in [3.05, 3.63) is 52.9 Å². The van der Waals surface area contributed by atoms with E-state index in [0.717, 1.165) is 60.1 Å². The number of alkyl halides is 1. The van der Waals surface area contributed by atoms with Crippen LogP contribution >= 0.6 is 15.9 Å². The number of carboxylic acid groups (broad SMARTS) is 1. The van der Waals surface area contributed by atoms with Crippen LogP contribution in [-0.4, -0.2) is 64.8 Å². The lowest BCUT2D eigenvalue weighted by molar-refractivity contribution is -0.148. The first-order valence-electron chi connectivity index (χ1n) is 11.3. The molecule has 1 N–H and O–H groups in total. The van der Waals surface area contributed by atoms with Crippen molar-refractivity contribution in [3.63, 3.8) is 0 Å². The smallest absolute Gasteiger partial charge is 0.310 e. The number of carboxylic acids is 1. The van der Waals surface area contributed by atoms with Crippen molar-refractivity contribution in [2.24, 2.45) is 10.4 Å². The van der Waals surface area contributed by atoms with Crippen molar-refractivity contribution in [1.29, 1.82) is 0 Å². The SMILES string of the molecule is C#C.C/C=C\CBr.CC1=C(C)Oc2ccc(C)cc2C(N2CCN(CC(C)(C)C(=O)O)CC2)=N1. The molecule has 1 saturated heterocycles. The number of allylic oxidation sites excluding steroid dienone is 4. The van der Waals surface area contributed by atoms with Gasteiger partial charge in [-0.1, -0.05) is 39.7 Å².